The molecular weight excluding hydrogens is 234 g/mol. The first-order valence-corrected chi connectivity index (χ1v) is 6.89. The maximum Gasteiger partial charge on any atom is 0.128 e. The van der Waals surface area contributed by atoms with Gasteiger partial charge in [-0.1, -0.05) is 36.4 Å². The molecule has 0 aliphatic heterocycles. The van der Waals surface area contributed by atoms with Gasteiger partial charge in [-0.3, -0.25) is 0 Å². The van der Waals surface area contributed by atoms with E-state index in [2.05, 4.69) is 52.9 Å². The van der Waals surface area contributed by atoms with Crippen LogP contribution in [0, 0.1) is 0 Å². The summed E-state index contributed by atoms with van der Waals surface area (Å²) in [5.41, 5.74) is 1.42. The lowest BCUT2D eigenvalue weighted by Crippen LogP contribution is -2.07. The van der Waals surface area contributed by atoms with E-state index >= 15 is 0 Å². The molecule has 2 atom stereocenters. The Hall–Kier alpha value is -2.03. The van der Waals surface area contributed by atoms with E-state index in [-0.39, 0.29) is 0 Å². The third kappa shape index (κ3) is 2.87. The monoisotopic (exact) mass is 253 g/mol. The fourth-order valence-corrected chi connectivity index (χ4v) is 2.41. The Labute approximate surface area is 114 Å². The van der Waals surface area contributed by atoms with Crippen molar-refractivity contribution < 1.29 is 0 Å². The zero-order valence-corrected chi connectivity index (χ0v) is 11.1. The quantitative estimate of drug-likeness (QED) is 0.856. The molecule has 2 aromatic rings. The molecule has 1 fully saturated rings. The van der Waals surface area contributed by atoms with Crippen molar-refractivity contribution in [1.82, 2.24) is 4.98 Å². The van der Waals surface area contributed by atoms with Crippen molar-refractivity contribution in [2.45, 2.75) is 25.3 Å². The predicted molar refractivity (Wildman–Crippen MR) is 79.6 cm³/mol. The number of nitrogens with one attached hydrogen (secondary N) is 2. The lowest BCUT2D eigenvalue weighted by molar-refractivity contribution is 1.03. The summed E-state index contributed by atoms with van der Waals surface area (Å²) in [5, 5.41) is 6.75. The lowest BCUT2D eigenvalue weighted by atomic mass is 10.1. The fourth-order valence-electron chi connectivity index (χ4n) is 2.41. The molecule has 1 aromatic carbocycles. The molecule has 0 spiro atoms. The third-order valence-electron chi connectivity index (χ3n) is 3.46. The number of nitrogens with zero attached hydrogens (tertiary/aromatic N) is 1. The molecule has 2 unspecified atom stereocenters. The summed E-state index contributed by atoms with van der Waals surface area (Å²) in [7, 11) is 0. The van der Waals surface area contributed by atoms with E-state index in [0.717, 1.165) is 18.2 Å². The van der Waals surface area contributed by atoms with Gasteiger partial charge in [0.05, 0.1) is 0 Å². The first kappa shape index (κ1) is 12.0. The molecule has 1 heterocycles. The minimum atomic E-state index is 0.520. The average molecular weight is 253 g/mol. The average Bonchev–Trinajstić information content (AvgIpc) is 3.20. The van der Waals surface area contributed by atoms with Gasteiger partial charge in [-0.05, 0) is 31.0 Å². The van der Waals surface area contributed by atoms with Gasteiger partial charge in [-0.25, -0.2) is 4.98 Å². The van der Waals surface area contributed by atoms with E-state index in [1.54, 1.807) is 0 Å². The summed E-state index contributed by atoms with van der Waals surface area (Å²) < 4.78 is 0. The molecule has 3 nitrogen and oxygen atoms in total. The molecule has 0 bridgehead atoms. The van der Waals surface area contributed by atoms with Gasteiger partial charge in [-0.15, -0.1) is 0 Å². The van der Waals surface area contributed by atoms with Crippen molar-refractivity contribution in [3.8, 4) is 0 Å². The standard InChI is InChI=1S/C16H19N3/c1-2-17-15-9-6-10-16(19-15)18-14-11-13(14)12-7-4-3-5-8-12/h3-10,13-14H,2,11H2,1H3,(H2,17,18,19). The molecule has 1 saturated carbocycles. The maximum atomic E-state index is 4.55. The molecule has 1 aliphatic carbocycles. The van der Waals surface area contributed by atoms with Crippen LogP contribution in [0.5, 0.6) is 0 Å². The first-order chi connectivity index (χ1) is 9.36. The number of aromatic nitrogens is 1. The van der Waals surface area contributed by atoms with E-state index < -0.39 is 0 Å². The van der Waals surface area contributed by atoms with E-state index in [4.69, 9.17) is 0 Å². The number of pyridine rings is 1. The van der Waals surface area contributed by atoms with Gasteiger partial charge in [0.25, 0.3) is 0 Å². The molecule has 3 rings (SSSR count). The minimum Gasteiger partial charge on any atom is -0.370 e. The first-order valence-electron chi connectivity index (χ1n) is 6.89. The molecule has 3 heteroatoms. The van der Waals surface area contributed by atoms with Crippen LogP contribution in [0.4, 0.5) is 11.6 Å². The molecule has 1 aliphatic rings. The smallest absolute Gasteiger partial charge is 0.128 e. The molecule has 0 radical (unpaired) electrons. The molecule has 1 aromatic heterocycles. The van der Waals surface area contributed by atoms with Crippen molar-refractivity contribution in [2.75, 3.05) is 17.2 Å². The fraction of sp³-hybridized carbons (Fsp3) is 0.312. The number of benzene rings is 1. The van der Waals surface area contributed by atoms with E-state index in [0.29, 0.717) is 12.0 Å². The molecule has 2 N–H and O–H groups in total. The molecule has 0 amide bonds. The van der Waals surface area contributed by atoms with Crippen LogP contribution in [-0.4, -0.2) is 17.6 Å². The van der Waals surface area contributed by atoms with Gasteiger partial charge in [0, 0.05) is 18.5 Å². The molecule has 98 valence electrons. The van der Waals surface area contributed by atoms with Crippen LogP contribution in [0.25, 0.3) is 0 Å². The SMILES string of the molecule is CCNc1cccc(NC2CC2c2ccccc2)n1. The van der Waals surface area contributed by atoms with Crippen LogP contribution in [0.3, 0.4) is 0 Å². The largest absolute Gasteiger partial charge is 0.370 e. The Bertz CT molecular complexity index is 539. The second-order valence-electron chi connectivity index (χ2n) is 4.94. The van der Waals surface area contributed by atoms with Crippen LogP contribution in [0.15, 0.2) is 48.5 Å². The van der Waals surface area contributed by atoms with Gasteiger partial charge in [0.2, 0.25) is 0 Å². The van der Waals surface area contributed by atoms with Gasteiger partial charge >= 0.3 is 0 Å². The molecule has 19 heavy (non-hydrogen) atoms. The summed E-state index contributed by atoms with van der Waals surface area (Å²) in [5.74, 6) is 2.53. The highest BCUT2D eigenvalue weighted by Gasteiger charge is 2.38. The Balaban J connectivity index is 1.63. The van der Waals surface area contributed by atoms with Crippen LogP contribution < -0.4 is 10.6 Å². The zero-order valence-electron chi connectivity index (χ0n) is 11.1. The highest BCUT2D eigenvalue weighted by atomic mass is 15.1. The number of anilines is 2. The molecule has 0 saturated heterocycles. The van der Waals surface area contributed by atoms with Gasteiger partial charge in [0.1, 0.15) is 11.6 Å². The van der Waals surface area contributed by atoms with Gasteiger partial charge < -0.3 is 10.6 Å². The van der Waals surface area contributed by atoms with Gasteiger partial charge in [-0.2, -0.15) is 0 Å². The minimum absolute atomic E-state index is 0.520. The Morgan fingerprint density at radius 3 is 2.63 bits per heavy atom. The number of rotatable bonds is 5. The van der Waals surface area contributed by atoms with E-state index in [9.17, 15) is 0 Å². The maximum absolute atomic E-state index is 4.55. The summed E-state index contributed by atoms with van der Waals surface area (Å²) in [6.07, 6.45) is 1.19. The van der Waals surface area contributed by atoms with Crippen molar-refractivity contribution in [1.29, 1.82) is 0 Å². The summed E-state index contributed by atoms with van der Waals surface area (Å²) in [4.78, 5) is 4.55. The van der Waals surface area contributed by atoms with Crippen molar-refractivity contribution in [3.05, 3.63) is 54.1 Å². The van der Waals surface area contributed by atoms with Crippen LogP contribution in [-0.2, 0) is 0 Å². The lowest BCUT2D eigenvalue weighted by Gasteiger charge is -2.08. The number of hydrogen-bond acceptors (Lipinski definition) is 3. The van der Waals surface area contributed by atoms with Crippen LogP contribution in [0.1, 0.15) is 24.8 Å². The van der Waals surface area contributed by atoms with E-state index in [1.165, 1.54) is 12.0 Å². The second-order valence-corrected chi connectivity index (χ2v) is 4.94. The summed E-state index contributed by atoms with van der Waals surface area (Å²) >= 11 is 0. The van der Waals surface area contributed by atoms with Crippen molar-refractivity contribution in [2.24, 2.45) is 0 Å². The van der Waals surface area contributed by atoms with Gasteiger partial charge in [0.15, 0.2) is 0 Å². The summed E-state index contributed by atoms with van der Waals surface area (Å²) in [6, 6.07) is 17.3. The van der Waals surface area contributed by atoms with E-state index in [1.807, 2.05) is 18.2 Å². The highest BCUT2D eigenvalue weighted by Crippen LogP contribution is 2.42. The zero-order chi connectivity index (χ0) is 13.1. The Morgan fingerprint density at radius 1 is 1.05 bits per heavy atom. The predicted octanol–water partition coefficient (Wildman–Crippen LogP) is 3.48. The highest BCUT2D eigenvalue weighted by molar-refractivity contribution is 5.47. The number of hydrogen-bond donors (Lipinski definition) is 2. The third-order valence-corrected chi connectivity index (χ3v) is 3.46. The Morgan fingerprint density at radius 2 is 1.84 bits per heavy atom. The topological polar surface area (TPSA) is 37.0 Å². The summed E-state index contributed by atoms with van der Waals surface area (Å²) in [6.45, 7) is 2.97. The van der Waals surface area contributed by atoms with Crippen LogP contribution >= 0.6 is 0 Å². The second kappa shape index (κ2) is 5.31. The van der Waals surface area contributed by atoms with Crippen molar-refractivity contribution >= 4 is 11.6 Å². The normalized spacial score (nSPS) is 20.9. The molecular formula is C16H19N3. The van der Waals surface area contributed by atoms with Crippen LogP contribution in [0.2, 0.25) is 0 Å². The van der Waals surface area contributed by atoms with Crippen molar-refractivity contribution in [3.63, 3.8) is 0 Å². The Kier molecular flexibility index (Phi) is 3.36.